The topological polar surface area (TPSA) is 90.3 Å². The summed E-state index contributed by atoms with van der Waals surface area (Å²) in [6, 6.07) is 5.95. The average Bonchev–Trinajstić information content (AvgIpc) is 3.04. The van der Waals surface area contributed by atoms with Gasteiger partial charge in [0.2, 0.25) is 12.1 Å². The molecule has 0 aliphatic heterocycles. The van der Waals surface area contributed by atoms with E-state index < -0.39 is 4.92 Å². The van der Waals surface area contributed by atoms with Crippen molar-refractivity contribution in [2.24, 2.45) is 7.05 Å². The lowest BCUT2D eigenvalue weighted by atomic mass is 10.3. The van der Waals surface area contributed by atoms with Gasteiger partial charge in [0, 0.05) is 31.9 Å². The molecule has 0 radical (unpaired) electrons. The zero-order valence-electron chi connectivity index (χ0n) is 12.4. The van der Waals surface area contributed by atoms with Gasteiger partial charge in [0.05, 0.1) is 5.69 Å². The normalized spacial score (nSPS) is 11.0. The molecule has 0 atom stereocenters. The molecule has 0 aliphatic rings. The van der Waals surface area contributed by atoms with Crippen molar-refractivity contribution in [1.82, 2.24) is 18.9 Å². The molecule has 0 saturated carbocycles. The summed E-state index contributed by atoms with van der Waals surface area (Å²) >= 11 is 0. The predicted octanol–water partition coefficient (Wildman–Crippen LogP) is 1.94. The van der Waals surface area contributed by atoms with E-state index in [1.165, 1.54) is 6.33 Å². The standard InChI is InChI=1S/C14H16N6O2/c1-10-4-3-5-12-17-11(8-19(10)12)6-7-15-13-14(20(21)22)16-9-18(13)2/h3-5,8-9,15H,6-7H2,1-2H3. The Morgan fingerprint density at radius 2 is 2.23 bits per heavy atom. The molecule has 22 heavy (non-hydrogen) atoms. The van der Waals surface area contributed by atoms with Gasteiger partial charge >= 0.3 is 5.82 Å². The number of nitrogens with zero attached hydrogens (tertiary/aromatic N) is 5. The van der Waals surface area contributed by atoms with Crippen LogP contribution in [-0.4, -0.2) is 30.4 Å². The summed E-state index contributed by atoms with van der Waals surface area (Å²) in [4.78, 5) is 18.7. The lowest BCUT2D eigenvalue weighted by Crippen LogP contribution is -2.09. The predicted molar refractivity (Wildman–Crippen MR) is 82.0 cm³/mol. The minimum Gasteiger partial charge on any atom is -0.364 e. The third-order valence-electron chi connectivity index (χ3n) is 3.51. The number of aryl methyl sites for hydroxylation is 2. The number of hydrogen-bond acceptors (Lipinski definition) is 5. The van der Waals surface area contributed by atoms with Gasteiger partial charge in [0.25, 0.3) is 0 Å². The van der Waals surface area contributed by atoms with Crippen LogP contribution in [0.15, 0.2) is 30.7 Å². The van der Waals surface area contributed by atoms with Crippen LogP contribution in [0.3, 0.4) is 0 Å². The largest absolute Gasteiger partial charge is 0.406 e. The molecule has 0 amide bonds. The second kappa shape index (κ2) is 5.47. The number of pyridine rings is 1. The van der Waals surface area contributed by atoms with Gasteiger partial charge in [-0.3, -0.25) is 4.57 Å². The van der Waals surface area contributed by atoms with Crippen molar-refractivity contribution in [3.63, 3.8) is 0 Å². The van der Waals surface area contributed by atoms with Gasteiger partial charge in [-0.15, -0.1) is 0 Å². The van der Waals surface area contributed by atoms with Crippen molar-refractivity contribution in [2.45, 2.75) is 13.3 Å². The maximum Gasteiger partial charge on any atom is 0.406 e. The number of nitrogens with one attached hydrogen (secondary N) is 1. The highest BCUT2D eigenvalue weighted by Gasteiger charge is 2.19. The fourth-order valence-corrected chi connectivity index (χ4v) is 2.38. The fourth-order valence-electron chi connectivity index (χ4n) is 2.38. The van der Waals surface area contributed by atoms with Gasteiger partial charge in [-0.2, -0.15) is 0 Å². The first-order valence-corrected chi connectivity index (χ1v) is 6.89. The van der Waals surface area contributed by atoms with Crippen molar-refractivity contribution < 1.29 is 4.92 Å². The average molecular weight is 300 g/mol. The molecule has 8 nitrogen and oxygen atoms in total. The minimum atomic E-state index is -0.489. The Balaban J connectivity index is 1.71. The molecule has 3 aromatic rings. The first-order valence-electron chi connectivity index (χ1n) is 6.89. The Hall–Kier alpha value is -2.90. The van der Waals surface area contributed by atoms with Gasteiger partial charge < -0.3 is 19.8 Å². The number of rotatable bonds is 5. The van der Waals surface area contributed by atoms with E-state index in [1.54, 1.807) is 11.6 Å². The van der Waals surface area contributed by atoms with Crippen LogP contribution >= 0.6 is 0 Å². The van der Waals surface area contributed by atoms with Gasteiger partial charge in [-0.25, -0.2) is 4.98 Å². The molecular formula is C14H16N6O2. The van der Waals surface area contributed by atoms with E-state index in [2.05, 4.69) is 15.3 Å². The Kier molecular flexibility index (Phi) is 3.50. The molecule has 0 aromatic carbocycles. The third kappa shape index (κ3) is 2.50. The second-order valence-electron chi connectivity index (χ2n) is 5.09. The van der Waals surface area contributed by atoms with Crippen LogP contribution in [0.2, 0.25) is 0 Å². The van der Waals surface area contributed by atoms with Crippen molar-refractivity contribution in [3.8, 4) is 0 Å². The zero-order chi connectivity index (χ0) is 15.7. The monoisotopic (exact) mass is 300 g/mol. The third-order valence-corrected chi connectivity index (χ3v) is 3.51. The molecule has 0 bridgehead atoms. The van der Waals surface area contributed by atoms with Crippen LogP contribution in [0.25, 0.3) is 5.65 Å². The summed E-state index contributed by atoms with van der Waals surface area (Å²) < 4.78 is 3.63. The van der Waals surface area contributed by atoms with Crippen LogP contribution in [0.4, 0.5) is 11.6 Å². The van der Waals surface area contributed by atoms with E-state index in [-0.39, 0.29) is 5.82 Å². The van der Waals surface area contributed by atoms with E-state index in [9.17, 15) is 10.1 Å². The highest BCUT2D eigenvalue weighted by atomic mass is 16.6. The Morgan fingerprint density at radius 3 is 2.95 bits per heavy atom. The van der Waals surface area contributed by atoms with Crippen LogP contribution in [0, 0.1) is 17.0 Å². The smallest absolute Gasteiger partial charge is 0.364 e. The summed E-state index contributed by atoms with van der Waals surface area (Å²) in [5, 5.41) is 14.0. The van der Waals surface area contributed by atoms with E-state index >= 15 is 0 Å². The molecule has 0 saturated heterocycles. The molecule has 0 aliphatic carbocycles. The second-order valence-corrected chi connectivity index (χ2v) is 5.09. The van der Waals surface area contributed by atoms with Crippen molar-refractivity contribution in [1.29, 1.82) is 0 Å². The molecule has 1 N–H and O–H groups in total. The molecule has 0 unspecified atom stereocenters. The highest BCUT2D eigenvalue weighted by Crippen LogP contribution is 2.20. The van der Waals surface area contributed by atoms with Crippen LogP contribution in [-0.2, 0) is 13.5 Å². The van der Waals surface area contributed by atoms with E-state index in [1.807, 2.05) is 35.7 Å². The van der Waals surface area contributed by atoms with Crippen molar-refractivity contribution >= 4 is 17.3 Å². The summed E-state index contributed by atoms with van der Waals surface area (Å²) in [7, 11) is 1.72. The summed E-state index contributed by atoms with van der Waals surface area (Å²) in [5.74, 6) is 0.248. The van der Waals surface area contributed by atoms with Gasteiger partial charge in [-0.1, -0.05) is 6.07 Å². The molecular weight excluding hydrogens is 284 g/mol. The van der Waals surface area contributed by atoms with Crippen LogP contribution < -0.4 is 5.32 Å². The van der Waals surface area contributed by atoms with Gasteiger partial charge in [-0.05, 0) is 29.0 Å². The van der Waals surface area contributed by atoms with Crippen LogP contribution in [0.1, 0.15) is 11.4 Å². The number of hydrogen-bond donors (Lipinski definition) is 1. The quantitative estimate of drug-likeness (QED) is 0.574. The Labute approximate surface area is 126 Å². The first-order chi connectivity index (χ1) is 10.6. The first kappa shape index (κ1) is 14.1. The SMILES string of the molecule is Cc1cccc2nc(CCNc3c([N+](=O)[O-])ncn3C)cn12. The molecule has 3 aromatic heterocycles. The minimum absolute atomic E-state index is 0.159. The highest BCUT2D eigenvalue weighted by molar-refractivity contribution is 5.52. The van der Waals surface area contributed by atoms with E-state index in [0.717, 1.165) is 17.0 Å². The molecule has 3 rings (SSSR count). The Bertz CT molecular complexity index is 835. The van der Waals surface area contributed by atoms with Crippen LogP contribution in [0.5, 0.6) is 0 Å². The molecule has 0 fully saturated rings. The van der Waals surface area contributed by atoms with Gasteiger partial charge in [0.15, 0.2) is 0 Å². The summed E-state index contributed by atoms with van der Waals surface area (Å²) in [6.07, 6.45) is 4.09. The van der Waals surface area contributed by atoms with Crippen molar-refractivity contribution in [3.05, 3.63) is 52.2 Å². The fraction of sp³-hybridized carbons (Fsp3) is 0.286. The number of imidazole rings is 2. The molecule has 114 valence electrons. The van der Waals surface area contributed by atoms with Crippen molar-refractivity contribution in [2.75, 3.05) is 11.9 Å². The number of nitro groups is 1. The molecule has 8 heteroatoms. The maximum absolute atomic E-state index is 10.9. The number of anilines is 1. The zero-order valence-corrected chi connectivity index (χ0v) is 12.4. The lowest BCUT2D eigenvalue weighted by molar-refractivity contribution is -0.388. The maximum atomic E-state index is 10.9. The molecule has 3 heterocycles. The van der Waals surface area contributed by atoms with E-state index in [4.69, 9.17) is 0 Å². The van der Waals surface area contributed by atoms with Gasteiger partial charge in [0.1, 0.15) is 5.65 Å². The number of fused-ring (bicyclic) bond motifs is 1. The Morgan fingerprint density at radius 1 is 1.41 bits per heavy atom. The summed E-state index contributed by atoms with van der Waals surface area (Å²) in [5.41, 5.74) is 2.96. The molecule has 0 spiro atoms. The summed E-state index contributed by atoms with van der Waals surface area (Å²) in [6.45, 7) is 2.57. The van der Waals surface area contributed by atoms with E-state index in [0.29, 0.717) is 18.8 Å². The lowest BCUT2D eigenvalue weighted by Gasteiger charge is -2.04. The number of aromatic nitrogens is 4.